The van der Waals surface area contributed by atoms with Crippen molar-refractivity contribution in [2.75, 3.05) is 19.8 Å². The molecule has 2 aromatic carbocycles. The molecule has 0 aliphatic rings. The molecular weight excluding hydrogens is 572 g/mol. The fraction of sp³-hybridized carbons (Fsp3) is 0.394. The molecular formula is C33H36O11. The van der Waals surface area contributed by atoms with Gasteiger partial charge in [0.1, 0.15) is 52.8 Å². The molecule has 11 heteroatoms. The van der Waals surface area contributed by atoms with E-state index < -0.39 is 34.7 Å². The Kier molecular flexibility index (Phi) is 9.48. The van der Waals surface area contributed by atoms with Crippen molar-refractivity contribution in [2.45, 2.75) is 53.6 Å². The van der Waals surface area contributed by atoms with Gasteiger partial charge in [-0.15, -0.1) is 0 Å². The highest BCUT2D eigenvalue weighted by Gasteiger charge is 2.29. The Morgan fingerprint density at radius 3 is 1.82 bits per heavy atom. The number of esters is 1. The minimum Gasteiger partial charge on any atom is -0.490 e. The van der Waals surface area contributed by atoms with Gasteiger partial charge in [0.15, 0.2) is 10.9 Å². The van der Waals surface area contributed by atoms with Crippen LogP contribution in [0.3, 0.4) is 0 Å². The Balaban J connectivity index is 1.42. The molecule has 11 nitrogen and oxygen atoms in total. The number of carboxylic acids is 1. The molecule has 0 aliphatic heterocycles. The molecule has 0 fully saturated rings. The summed E-state index contributed by atoms with van der Waals surface area (Å²) in [5.41, 5.74) is -1.19. The molecule has 2 heterocycles. The van der Waals surface area contributed by atoms with E-state index >= 15 is 0 Å². The standard InChI is InChI=1S/C33H36O11/c1-6-32(2,3)17-33(4,5)18-42-31(39)27-14-21(36)29-23(10-8-12-25(29)44-27)41-16-19(34)15-40-22-9-7-11-24-28(22)20(35)13-26(43-24)30(37)38/h7-14,19,34H,6,15-18H2,1-5H3,(H,37,38). The Morgan fingerprint density at radius 2 is 1.32 bits per heavy atom. The van der Waals surface area contributed by atoms with E-state index in [9.17, 15) is 24.3 Å². The van der Waals surface area contributed by atoms with E-state index in [1.54, 1.807) is 6.07 Å². The number of fused-ring (bicyclic) bond motifs is 2. The quantitative estimate of drug-likeness (QED) is 0.186. The highest BCUT2D eigenvalue weighted by Crippen LogP contribution is 2.36. The van der Waals surface area contributed by atoms with Crippen molar-refractivity contribution in [2.24, 2.45) is 10.8 Å². The lowest BCUT2D eigenvalue weighted by Gasteiger charge is -2.33. The van der Waals surface area contributed by atoms with Crippen molar-refractivity contribution in [3.8, 4) is 11.5 Å². The smallest absolute Gasteiger partial charge is 0.374 e. The van der Waals surface area contributed by atoms with Crippen molar-refractivity contribution in [1.29, 1.82) is 0 Å². The normalized spacial score (nSPS) is 12.7. The summed E-state index contributed by atoms with van der Waals surface area (Å²) < 4.78 is 27.8. The lowest BCUT2D eigenvalue weighted by Crippen LogP contribution is -2.28. The molecule has 0 aliphatic carbocycles. The number of carboxylic acid groups (broad SMARTS) is 1. The molecule has 0 saturated carbocycles. The van der Waals surface area contributed by atoms with Gasteiger partial charge in [-0.1, -0.05) is 53.2 Å². The van der Waals surface area contributed by atoms with Crippen LogP contribution in [0.5, 0.6) is 11.5 Å². The van der Waals surface area contributed by atoms with Gasteiger partial charge in [-0.05, 0) is 41.5 Å². The van der Waals surface area contributed by atoms with Crippen molar-refractivity contribution in [3.63, 3.8) is 0 Å². The average molecular weight is 609 g/mol. The van der Waals surface area contributed by atoms with E-state index in [-0.39, 0.29) is 69.8 Å². The minimum absolute atomic E-state index is 0.0213. The van der Waals surface area contributed by atoms with Crippen LogP contribution in [0.4, 0.5) is 0 Å². The van der Waals surface area contributed by atoms with Gasteiger partial charge in [-0.2, -0.15) is 0 Å². The van der Waals surface area contributed by atoms with E-state index in [1.165, 1.54) is 30.3 Å². The van der Waals surface area contributed by atoms with Crippen LogP contribution in [0.15, 0.2) is 67.0 Å². The van der Waals surface area contributed by atoms with Crippen LogP contribution in [-0.2, 0) is 4.74 Å². The molecule has 44 heavy (non-hydrogen) atoms. The van der Waals surface area contributed by atoms with Gasteiger partial charge in [-0.3, -0.25) is 9.59 Å². The number of benzene rings is 2. The monoisotopic (exact) mass is 608 g/mol. The van der Waals surface area contributed by atoms with Crippen LogP contribution in [0.1, 0.15) is 68.6 Å². The molecule has 0 radical (unpaired) electrons. The summed E-state index contributed by atoms with van der Waals surface area (Å²) in [5.74, 6) is -2.64. The Hall–Kier alpha value is -4.64. The average Bonchev–Trinajstić information content (AvgIpc) is 2.96. The molecule has 234 valence electrons. The highest BCUT2D eigenvalue weighted by atomic mass is 16.5. The van der Waals surface area contributed by atoms with E-state index in [0.29, 0.717) is 0 Å². The molecule has 0 spiro atoms. The number of ether oxygens (including phenoxy) is 3. The van der Waals surface area contributed by atoms with Crippen LogP contribution >= 0.6 is 0 Å². The Morgan fingerprint density at radius 1 is 0.818 bits per heavy atom. The summed E-state index contributed by atoms with van der Waals surface area (Å²) in [6.45, 7) is 10.1. The summed E-state index contributed by atoms with van der Waals surface area (Å²) in [5, 5.41) is 19.7. The number of hydrogen-bond acceptors (Lipinski definition) is 10. The summed E-state index contributed by atoms with van der Waals surface area (Å²) in [6.07, 6.45) is 0.639. The lowest BCUT2D eigenvalue weighted by atomic mass is 9.74. The Bertz CT molecular complexity index is 1800. The first kappa shape index (κ1) is 32.3. The van der Waals surface area contributed by atoms with Crippen LogP contribution in [0.2, 0.25) is 0 Å². The van der Waals surface area contributed by atoms with E-state index in [4.69, 9.17) is 28.2 Å². The van der Waals surface area contributed by atoms with Crippen molar-refractivity contribution >= 4 is 33.9 Å². The Labute approximate surface area is 253 Å². The summed E-state index contributed by atoms with van der Waals surface area (Å²) in [4.78, 5) is 49.5. The zero-order chi connectivity index (χ0) is 32.2. The summed E-state index contributed by atoms with van der Waals surface area (Å²) in [6, 6.07) is 11.0. The van der Waals surface area contributed by atoms with Gasteiger partial charge in [0.2, 0.25) is 11.5 Å². The number of aliphatic hydroxyl groups is 1. The topological polar surface area (TPSA) is 163 Å². The predicted octanol–water partition coefficient (Wildman–Crippen LogP) is 5.43. The molecule has 2 aromatic heterocycles. The summed E-state index contributed by atoms with van der Waals surface area (Å²) in [7, 11) is 0. The predicted molar refractivity (Wildman–Crippen MR) is 162 cm³/mol. The van der Waals surface area contributed by atoms with Gasteiger partial charge in [0.25, 0.3) is 0 Å². The van der Waals surface area contributed by atoms with Crippen LogP contribution in [0, 0.1) is 10.8 Å². The molecule has 4 rings (SSSR count). The maximum atomic E-state index is 13.0. The highest BCUT2D eigenvalue weighted by molar-refractivity contribution is 5.91. The number of carbonyl (C=O) groups is 2. The number of carbonyl (C=O) groups excluding carboxylic acids is 1. The second-order valence-corrected chi connectivity index (χ2v) is 12.2. The van der Waals surface area contributed by atoms with Crippen LogP contribution in [0.25, 0.3) is 21.9 Å². The molecule has 4 aromatic rings. The first-order valence-electron chi connectivity index (χ1n) is 14.2. The first-order valence-corrected chi connectivity index (χ1v) is 14.2. The third-order valence-electron chi connectivity index (χ3n) is 7.22. The zero-order valence-electron chi connectivity index (χ0n) is 25.3. The van der Waals surface area contributed by atoms with Gasteiger partial charge in [0, 0.05) is 12.1 Å². The molecule has 1 atom stereocenters. The van der Waals surface area contributed by atoms with Gasteiger partial charge in [0.05, 0.1) is 6.61 Å². The second kappa shape index (κ2) is 12.9. The van der Waals surface area contributed by atoms with Crippen LogP contribution < -0.4 is 20.3 Å². The number of aromatic carboxylic acids is 1. The maximum absolute atomic E-state index is 13.0. The lowest BCUT2D eigenvalue weighted by molar-refractivity contribution is 0.0219. The van der Waals surface area contributed by atoms with Gasteiger partial charge >= 0.3 is 11.9 Å². The maximum Gasteiger partial charge on any atom is 0.374 e. The van der Waals surface area contributed by atoms with Crippen molar-refractivity contribution < 1.29 is 42.8 Å². The second-order valence-electron chi connectivity index (χ2n) is 12.2. The first-order chi connectivity index (χ1) is 20.7. The molecule has 0 bridgehead atoms. The minimum atomic E-state index is -1.38. The van der Waals surface area contributed by atoms with E-state index in [2.05, 4.69) is 20.8 Å². The van der Waals surface area contributed by atoms with E-state index in [0.717, 1.165) is 25.0 Å². The molecule has 0 saturated heterocycles. The number of aliphatic hydroxyl groups excluding tert-OH is 1. The van der Waals surface area contributed by atoms with Crippen molar-refractivity contribution in [3.05, 3.63) is 80.5 Å². The molecule has 0 amide bonds. The van der Waals surface area contributed by atoms with E-state index in [1.807, 2.05) is 13.8 Å². The number of hydrogen-bond donors (Lipinski definition) is 2. The third kappa shape index (κ3) is 7.65. The fourth-order valence-corrected chi connectivity index (χ4v) is 5.03. The summed E-state index contributed by atoms with van der Waals surface area (Å²) >= 11 is 0. The van der Waals surface area contributed by atoms with Crippen molar-refractivity contribution in [1.82, 2.24) is 0 Å². The molecule has 1 unspecified atom stereocenters. The third-order valence-corrected chi connectivity index (χ3v) is 7.22. The molecule has 2 N–H and O–H groups in total. The van der Waals surface area contributed by atoms with Gasteiger partial charge in [-0.25, -0.2) is 9.59 Å². The largest absolute Gasteiger partial charge is 0.490 e. The van der Waals surface area contributed by atoms with Gasteiger partial charge < -0.3 is 33.3 Å². The number of rotatable bonds is 13. The fourth-order valence-electron chi connectivity index (χ4n) is 5.03. The SMILES string of the molecule is CCC(C)(C)CC(C)(C)COC(=O)c1cc(=O)c2c(OCC(O)COc3cccc4oc(C(=O)O)cc(=O)c34)cccc2o1. The zero-order valence-corrected chi connectivity index (χ0v) is 25.3. The van der Waals surface area contributed by atoms with Crippen LogP contribution in [-0.4, -0.2) is 48.1 Å².